The van der Waals surface area contributed by atoms with Gasteiger partial charge in [0, 0.05) is 11.3 Å². The highest BCUT2D eigenvalue weighted by molar-refractivity contribution is 6.32. The third-order valence-corrected chi connectivity index (χ3v) is 3.63. The molecule has 8 heteroatoms. The van der Waals surface area contributed by atoms with Crippen LogP contribution in [0.1, 0.15) is 5.56 Å². The molecule has 1 N–H and O–H groups in total. The van der Waals surface area contributed by atoms with E-state index in [9.17, 15) is 4.79 Å². The summed E-state index contributed by atoms with van der Waals surface area (Å²) in [6.45, 7) is -0.258. The molecule has 2 aromatic rings. The highest BCUT2D eigenvalue weighted by Gasteiger charge is 2.08. The fourth-order valence-electron chi connectivity index (χ4n) is 2.14. The lowest BCUT2D eigenvalue weighted by Crippen LogP contribution is -2.17. The van der Waals surface area contributed by atoms with Crippen molar-refractivity contribution in [3.63, 3.8) is 0 Å². The molecule has 0 aromatic heterocycles. The molecule has 0 saturated heterocycles. The number of methoxy groups -OCH3 is 3. The van der Waals surface area contributed by atoms with E-state index in [1.54, 1.807) is 43.5 Å². The summed E-state index contributed by atoms with van der Waals surface area (Å²) in [7, 11) is 4.59. The number of para-hydroxylation sites is 1. The summed E-state index contributed by atoms with van der Waals surface area (Å²) in [6, 6.07) is 10.3. The third kappa shape index (κ3) is 5.03. The van der Waals surface area contributed by atoms with Crippen LogP contribution < -0.4 is 19.5 Å². The number of carbonyl (C=O) groups is 1. The quantitative estimate of drug-likeness (QED) is 0.563. The van der Waals surface area contributed by atoms with Gasteiger partial charge in [0.05, 0.1) is 32.6 Å². The average molecular weight is 379 g/mol. The number of benzene rings is 2. The monoisotopic (exact) mass is 378 g/mol. The molecule has 2 aromatic carbocycles. The Morgan fingerprint density at radius 1 is 1.12 bits per heavy atom. The molecule has 26 heavy (non-hydrogen) atoms. The van der Waals surface area contributed by atoms with Crippen LogP contribution in [0.5, 0.6) is 17.2 Å². The zero-order valence-corrected chi connectivity index (χ0v) is 15.4. The molecule has 0 fully saturated rings. The number of nitrogens with zero attached hydrogens (tertiary/aromatic N) is 1. The van der Waals surface area contributed by atoms with E-state index < -0.39 is 0 Å². The van der Waals surface area contributed by atoms with Crippen LogP contribution in [0.25, 0.3) is 0 Å². The van der Waals surface area contributed by atoms with Gasteiger partial charge in [0.1, 0.15) is 5.75 Å². The van der Waals surface area contributed by atoms with Crippen molar-refractivity contribution in [1.29, 1.82) is 0 Å². The number of halogens is 1. The second-order valence-corrected chi connectivity index (χ2v) is 5.40. The first-order valence-corrected chi connectivity index (χ1v) is 7.96. The molecule has 0 aliphatic heterocycles. The van der Waals surface area contributed by atoms with Crippen molar-refractivity contribution in [1.82, 2.24) is 0 Å². The van der Waals surface area contributed by atoms with E-state index >= 15 is 0 Å². The van der Waals surface area contributed by atoms with Crippen LogP contribution in [-0.2, 0) is 9.63 Å². The van der Waals surface area contributed by atoms with Crippen molar-refractivity contribution in [2.75, 3.05) is 33.3 Å². The van der Waals surface area contributed by atoms with Gasteiger partial charge in [-0.25, -0.2) is 0 Å². The van der Waals surface area contributed by atoms with E-state index in [-0.39, 0.29) is 12.5 Å². The van der Waals surface area contributed by atoms with Crippen LogP contribution in [0.4, 0.5) is 5.69 Å². The van der Waals surface area contributed by atoms with Crippen molar-refractivity contribution in [3.8, 4) is 17.2 Å². The minimum absolute atomic E-state index is 0.258. The van der Waals surface area contributed by atoms with Crippen LogP contribution in [0, 0.1) is 0 Å². The molecule has 0 heterocycles. The lowest BCUT2D eigenvalue weighted by molar-refractivity contribution is -0.120. The van der Waals surface area contributed by atoms with Gasteiger partial charge in [-0.1, -0.05) is 22.8 Å². The summed E-state index contributed by atoms with van der Waals surface area (Å²) >= 11 is 6.01. The minimum Gasteiger partial charge on any atom is -0.495 e. The Kier molecular flexibility index (Phi) is 7.11. The summed E-state index contributed by atoms with van der Waals surface area (Å²) in [4.78, 5) is 16.9. The van der Waals surface area contributed by atoms with Gasteiger partial charge in [0.25, 0.3) is 5.91 Å². The number of anilines is 1. The van der Waals surface area contributed by atoms with E-state index in [2.05, 4.69) is 10.5 Å². The Bertz CT molecular complexity index is 795. The number of amides is 1. The summed E-state index contributed by atoms with van der Waals surface area (Å²) < 4.78 is 15.5. The van der Waals surface area contributed by atoms with Crippen molar-refractivity contribution >= 4 is 29.4 Å². The minimum atomic E-state index is -0.374. The van der Waals surface area contributed by atoms with Crippen molar-refractivity contribution in [2.24, 2.45) is 5.16 Å². The number of hydrogen-bond donors (Lipinski definition) is 1. The van der Waals surface area contributed by atoms with Crippen LogP contribution in [0.2, 0.25) is 5.02 Å². The molecule has 0 saturated carbocycles. The first kappa shape index (κ1) is 19.4. The molecule has 0 unspecified atom stereocenters. The maximum Gasteiger partial charge on any atom is 0.265 e. The fourth-order valence-corrected chi connectivity index (χ4v) is 2.40. The lowest BCUT2D eigenvalue weighted by Gasteiger charge is -2.09. The molecule has 138 valence electrons. The second-order valence-electron chi connectivity index (χ2n) is 4.99. The molecular formula is C18H19ClN2O5. The number of oxime groups is 1. The predicted molar refractivity (Wildman–Crippen MR) is 99.7 cm³/mol. The normalized spacial score (nSPS) is 10.5. The standard InChI is InChI=1S/C18H19ClN2O5/c1-23-15-8-7-13(9-14(15)19)21-17(22)11-26-20-10-12-5-4-6-16(24-2)18(12)25-3/h4-10H,11H2,1-3H3,(H,21,22)/b20-10-. The van der Waals surface area contributed by atoms with Crippen LogP contribution in [0.3, 0.4) is 0 Å². The molecule has 0 aliphatic rings. The zero-order valence-electron chi connectivity index (χ0n) is 14.6. The first-order valence-electron chi connectivity index (χ1n) is 7.58. The average Bonchev–Trinajstić information content (AvgIpc) is 2.65. The Labute approximate surface area is 156 Å². The van der Waals surface area contributed by atoms with Gasteiger partial charge in [-0.05, 0) is 30.3 Å². The maximum absolute atomic E-state index is 11.9. The van der Waals surface area contributed by atoms with E-state index in [0.717, 1.165) is 0 Å². The highest BCUT2D eigenvalue weighted by atomic mass is 35.5. The summed E-state index contributed by atoms with van der Waals surface area (Å²) in [5.74, 6) is 1.25. The molecular weight excluding hydrogens is 360 g/mol. The van der Waals surface area contributed by atoms with Crippen molar-refractivity contribution < 1.29 is 23.8 Å². The van der Waals surface area contributed by atoms with Gasteiger partial charge in [0.2, 0.25) is 0 Å². The Morgan fingerprint density at radius 2 is 1.88 bits per heavy atom. The number of rotatable bonds is 8. The van der Waals surface area contributed by atoms with Gasteiger partial charge in [0.15, 0.2) is 18.1 Å². The molecule has 1 amide bonds. The van der Waals surface area contributed by atoms with Gasteiger partial charge < -0.3 is 24.4 Å². The molecule has 0 spiro atoms. The SMILES string of the molecule is COc1ccc(NC(=O)CO/N=C\c2cccc(OC)c2OC)cc1Cl. The summed E-state index contributed by atoms with van der Waals surface area (Å²) in [5.41, 5.74) is 1.19. The second kappa shape index (κ2) is 9.53. The van der Waals surface area contributed by atoms with E-state index in [1.165, 1.54) is 20.4 Å². The van der Waals surface area contributed by atoms with Crippen LogP contribution in [0.15, 0.2) is 41.6 Å². The smallest absolute Gasteiger partial charge is 0.265 e. The highest BCUT2D eigenvalue weighted by Crippen LogP contribution is 2.29. The third-order valence-electron chi connectivity index (χ3n) is 3.33. The molecule has 0 bridgehead atoms. The number of hydrogen-bond acceptors (Lipinski definition) is 6. The van der Waals surface area contributed by atoms with Crippen molar-refractivity contribution in [3.05, 3.63) is 47.0 Å². The fraction of sp³-hybridized carbons (Fsp3) is 0.222. The molecule has 0 radical (unpaired) electrons. The van der Waals surface area contributed by atoms with Gasteiger partial charge >= 0.3 is 0 Å². The molecule has 7 nitrogen and oxygen atoms in total. The van der Waals surface area contributed by atoms with E-state index in [1.807, 2.05) is 0 Å². The van der Waals surface area contributed by atoms with Crippen molar-refractivity contribution in [2.45, 2.75) is 0 Å². The maximum atomic E-state index is 11.9. The Hall–Kier alpha value is -2.93. The van der Waals surface area contributed by atoms with E-state index in [0.29, 0.717) is 33.5 Å². The van der Waals surface area contributed by atoms with Crippen LogP contribution >= 0.6 is 11.6 Å². The number of ether oxygens (including phenoxy) is 3. The zero-order chi connectivity index (χ0) is 18.9. The van der Waals surface area contributed by atoms with Gasteiger partial charge in [-0.2, -0.15) is 0 Å². The van der Waals surface area contributed by atoms with Gasteiger partial charge in [-0.3, -0.25) is 4.79 Å². The Balaban J connectivity index is 1.90. The summed E-state index contributed by atoms with van der Waals surface area (Å²) in [5, 5.41) is 6.83. The Morgan fingerprint density at radius 3 is 2.54 bits per heavy atom. The summed E-state index contributed by atoms with van der Waals surface area (Å²) in [6.07, 6.45) is 1.44. The number of carbonyl (C=O) groups excluding carboxylic acids is 1. The first-order chi connectivity index (χ1) is 12.6. The molecule has 0 aliphatic carbocycles. The van der Waals surface area contributed by atoms with E-state index in [4.69, 9.17) is 30.6 Å². The lowest BCUT2D eigenvalue weighted by atomic mass is 10.2. The van der Waals surface area contributed by atoms with Crippen LogP contribution in [-0.4, -0.2) is 40.1 Å². The molecule has 2 rings (SSSR count). The number of nitrogens with one attached hydrogen (secondary N) is 1. The van der Waals surface area contributed by atoms with Gasteiger partial charge in [-0.15, -0.1) is 0 Å². The largest absolute Gasteiger partial charge is 0.495 e. The predicted octanol–water partition coefficient (Wildman–Crippen LogP) is 3.36. The molecule has 0 atom stereocenters. The topological polar surface area (TPSA) is 78.4 Å².